The fraction of sp³-hybridized carbons (Fsp3) is 0.375. The number of benzene rings is 2. The van der Waals surface area contributed by atoms with Crippen LogP contribution < -0.4 is 10.6 Å². The highest BCUT2D eigenvalue weighted by Crippen LogP contribution is 2.19. The van der Waals surface area contributed by atoms with Crippen LogP contribution in [0.1, 0.15) is 16.7 Å². The fourth-order valence-electron chi connectivity index (χ4n) is 3.96. The molecule has 0 atom stereocenters. The third-order valence-corrected chi connectivity index (χ3v) is 5.70. The van der Waals surface area contributed by atoms with Gasteiger partial charge in [-0.3, -0.25) is 9.89 Å². The largest absolute Gasteiger partial charge is 0.379 e. The van der Waals surface area contributed by atoms with Crippen molar-refractivity contribution in [1.29, 1.82) is 0 Å². The van der Waals surface area contributed by atoms with Gasteiger partial charge in [0.2, 0.25) is 0 Å². The molecule has 0 aliphatic carbocycles. The lowest BCUT2D eigenvalue weighted by atomic mass is 10.1. The molecule has 0 amide bonds. The number of hydrogen-bond acceptors (Lipinski definition) is 3. The predicted octanol–water partition coefficient (Wildman–Crippen LogP) is 3.05. The minimum Gasteiger partial charge on any atom is -0.379 e. The average molecular weight is 424 g/mol. The molecule has 1 fully saturated rings. The quantitative estimate of drug-likeness (QED) is 0.404. The zero-order valence-electron chi connectivity index (χ0n) is 18.0. The van der Waals surface area contributed by atoms with E-state index in [0.29, 0.717) is 6.54 Å². The van der Waals surface area contributed by atoms with Crippen LogP contribution in [0.3, 0.4) is 0 Å². The smallest absolute Gasteiger partial charge is 0.191 e. The topological polar surface area (TPSA) is 64.7 Å². The average Bonchev–Trinajstić information content (AvgIpc) is 3.19. The Bertz CT molecular complexity index is 1030. The molecule has 0 saturated carbocycles. The number of guanidine groups is 1. The van der Waals surface area contributed by atoms with Crippen molar-refractivity contribution in [3.8, 4) is 0 Å². The lowest BCUT2D eigenvalue weighted by Gasteiger charge is -2.27. The Hall–Kier alpha value is -2.90. The number of halogens is 1. The molecule has 1 aliphatic heterocycles. The SMILES string of the molecule is CN=C(NCCc1c[nH]c2cc(F)ccc12)NCc1ccccc1CN1CCOCC1. The van der Waals surface area contributed by atoms with Gasteiger partial charge in [-0.2, -0.15) is 0 Å². The van der Waals surface area contributed by atoms with Gasteiger partial charge in [-0.25, -0.2) is 4.39 Å². The first-order valence-corrected chi connectivity index (χ1v) is 10.8. The molecular weight excluding hydrogens is 393 g/mol. The lowest BCUT2D eigenvalue weighted by Crippen LogP contribution is -2.38. The summed E-state index contributed by atoms with van der Waals surface area (Å²) in [4.78, 5) is 9.93. The Morgan fingerprint density at radius 3 is 2.71 bits per heavy atom. The highest BCUT2D eigenvalue weighted by Gasteiger charge is 2.13. The van der Waals surface area contributed by atoms with Crippen LogP contribution in [0.4, 0.5) is 4.39 Å². The first-order chi connectivity index (χ1) is 15.2. The van der Waals surface area contributed by atoms with Crippen LogP contribution in [0.2, 0.25) is 0 Å². The molecule has 0 spiro atoms. The molecule has 2 heterocycles. The second kappa shape index (κ2) is 10.4. The molecular formula is C24H30FN5O. The van der Waals surface area contributed by atoms with E-state index < -0.39 is 0 Å². The minimum atomic E-state index is -0.225. The Morgan fingerprint density at radius 1 is 1.10 bits per heavy atom. The van der Waals surface area contributed by atoms with Gasteiger partial charge in [0.1, 0.15) is 5.82 Å². The van der Waals surface area contributed by atoms with E-state index in [1.165, 1.54) is 23.3 Å². The van der Waals surface area contributed by atoms with Crippen LogP contribution in [0, 0.1) is 5.82 Å². The van der Waals surface area contributed by atoms with Crippen LogP contribution >= 0.6 is 0 Å². The number of morpholine rings is 1. The number of aromatic nitrogens is 1. The Labute approximate surface area is 182 Å². The number of ether oxygens (including phenoxy) is 1. The summed E-state index contributed by atoms with van der Waals surface area (Å²) < 4.78 is 18.8. The molecule has 4 rings (SSSR count). The Morgan fingerprint density at radius 2 is 1.90 bits per heavy atom. The van der Waals surface area contributed by atoms with E-state index in [-0.39, 0.29) is 5.82 Å². The molecule has 1 saturated heterocycles. The van der Waals surface area contributed by atoms with Crippen molar-refractivity contribution in [3.63, 3.8) is 0 Å². The van der Waals surface area contributed by atoms with Gasteiger partial charge in [-0.15, -0.1) is 0 Å². The monoisotopic (exact) mass is 423 g/mol. The van der Waals surface area contributed by atoms with Gasteiger partial charge >= 0.3 is 0 Å². The van der Waals surface area contributed by atoms with Crippen molar-refractivity contribution in [3.05, 3.63) is 71.2 Å². The second-order valence-electron chi connectivity index (χ2n) is 7.76. The first-order valence-electron chi connectivity index (χ1n) is 10.8. The third-order valence-electron chi connectivity index (χ3n) is 5.70. The summed E-state index contributed by atoms with van der Waals surface area (Å²) in [5.41, 5.74) is 4.59. The van der Waals surface area contributed by atoms with Crippen molar-refractivity contribution < 1.29 is 9.13 Å². The zero-order chi connectivity index (χ0) is 21.5. The van der Waals surface area contributed by atoms with Gasteiger partial charge < -0.3 is 20.4 Å². The summed E-state index contributed by atoms with van der Waals surface area (Å²) in [5.74, 6) is 0.546. The molecule has 1 aliphatic rings. The number of nitrogens with zero attached hydrogens (tertiary/aromatic N) is 2. The van der Waals surface area contributed by atoms with Crippen molar-refractivity contribution in [2.24, 2.45) is 4.99 Å². The lowest BCUT2D eigenvalue weighted by molar-refractivity contribution is 0.0341. The van der Waals surface area contributed by atoms with Crippen molar-refractivity contribution in [2.75, 3.05) is 39.9 Å². The number of fused-ring (bicyclic) bond motifs is 1. The molecule has 3 N–H and O–H groups in total. The molecule has 1 aromatic heterocycles. The van der Waals surface area contributed by atoms with Crippen LogP contribution in [-0.4, -0.2) is 55.7 Å². The van der Waals surface area contributed by atoms with E-state index in [1.807, 2.05) is 12.3 Å². The van der Waals surface area contributed by atoms with Gasteiger partial charge in [0, 0.05) is 56.9 Å². The molecule has 3 aromatic rings. The van der Waals surface area contributed by atoms with E-state index in [4.69, 9.17) is 4.74 Å². The Balaban J connectivity index is 1.29. The maximum Gasteiger partial charge on any atom is 0.191 e. The summed E-state index contributed by atoms with van der Waals surface area (Å²) in [5, 5.41) is 7.86. The van der Waals surface area contributed by atoms with Crippen molar-refractivity contribution >= 4 is 16.9 Å². The second-order valence-corrected chi connectivity index (χ2v) is 7.76. The van der Waals surface area contributed by atoms with E-state index in [0.717, 1.165) is 68.2 Å². The molecule has 2 aromatic carbocycles. The van der Waals surface area contributed by atoms with Gasteiger partial charge in [0.25, 0.3) is 0 Å². The summed E-state index contributed by atoms with van der Waals surface area (Å²) in [7, 11) is 1.78. The summed E-state index contributed by atoms with van der Waals surface area (Å²) in [6.45, 7) is 5.96. The maximum absolute atomic E-state index is 13.4. The molecule has 6 nitrogen and oxygen atoms in total. The van der Waals surface area contributed by atoms with Crippen LogP contribution in [0.25, 0.3) is 10.9 Å². The van der Waals surface area contributed by atoms with E-state index in [2.05, 4.69) is 49.8 Å². The molecule has 0 unspecified atom stereocenters. The van der Waals surface area contributed by atoms with Crippen molar-refractivity contribution in [1.82, 2.24) is 20.5 Å². The number of nitrogens with one attached hydrogen (secondary N) is 3. The molecule has 0 bridgehead atoms. The number of aromatic amines is 1. The van der Waals surface area contributed by atoms with Gasteiger partial charge in [0.05, 0.1) is 13.2 Å². The zero-order valence-corrected chi connectivity index (χ0v) is 18.0. The van der Waals surface area contributed by atoms with E-state index >= 15 is 0 Å². The summed E-state index contributed by atoms with van der Waals surface area (Å²) in [6.07, 6.45) is 2.77. The highest BCUT2D eigenvalue weighted by atomic mass is 19.1. The van der Waals surface area contributed by atoms with Gasteiger partial charge in [0.15, 0.2) is 5.96 Å². The summed E-state index contributed by atoms with van der Waals surface area (Å²) in [6, 6.07) is 13.4. The van der Waals surface area contributed by atoms with E-state index in [1.54, 1.807) is 7.05 Å². The predicted molar refractivity (Wildman–Crippen MR) is 123 cm³/mol. The van der Waals surface area contributed by atoms with E-state index in [9.17, 15) is 4.39 Å². The number of rotatable bonds is 7. The molecule has 0 radical (unpaired) electrons. The third kappa shape index (κ3) is 5.62. The molecule has 31 heavy (non-hydrogen) atoms. The van der Waals surface area contributed by atoms with Crippen LogP contribution in [0.15, 0.2) is 53.7 Å². The maximum atomic E-state index is 13.4. The summed E-state index contributed by atoms with van der Waals surface area (Å²) >= 11 is 0. The fourth-order valence-corrected chi connectivity index (χ4v) is 3.96. The standard InChI is InChI=1S/C24H30FN5O/c1-26-24(27-9-8-19-16-28-23-14-21(25)6-7-22(19)23)29-15-18-4-2-3-5-20(18)17-30-10-12-31-13-11-30/h2-7,14,16,28H,8-13,15,17H2,1H3,(H2,26,27,29). The first kappa shape index (κ1) is 21.3. The minimum absolute atomic E-state index is 0.225. The normalized spacial score (nSPS) is 15.4. The molecule has 164 valence electrons. The van der Waals surface area contributed by atoms with Crippen molar-refractivity contribution in [2.45, 2.75) is 19.5 Å². The van der Waals surface area contributed by atoms with Crippen LogP contribution in [0.5, 0.6) is 0 Å². The van der Waals surface area contributed by atoms with Crippen LogP contribution in [-0.2, 0) is 24.2 Å². The van der Waals surface area contributed by atoms with Gasteiger partial charge in [-0.1, -0.05) is 24.3 Å². The molecule has 7 heteroatoms. The highest BCUT2D eigenvalue weighted by molar-refractivity contribution is 5.83. The Kier molecular flexibility index (Phi) is 7.17. The van der Waals surface area contributed by atoms with Gasteiger partial charge in [-0.05, 0) is 41.3 Å². The number of hydrogen-bond donors (Lipinski definition) is 3. The number of H-pyrrole nitrogens is 1. The number of aliphatic imine (C=N–C) groups is 1.